The van der Waals surface area contributed by atoms with E-state index < -0.39 is 0 Å². The smallest absolute Gasteiger partial charge is 0.243 e. The van der Waals surface area contributed by atoms with Crippen molar-refractivity contribution in [3.63, 3.8) is 0 Å². The molecular weight excluding hydrogens is 316 g/mol. The molecule has 0 fully saturated rings. The van der Waals surface area contributed by atoms with Crippen LogP contribution in [-0.2, 0) is 4.79 Å². The molecule has 0 radical (unpaired) electrons. The maximum Gasteiger partial charge on any atom is 0.243 e. The Hall–Kier alpha value is -2.69. The van der Waals surface area contributed by atoms with Crippen LogP contribution in [-0.4, -0.2) is 32.7 Å². The second-order valence-corrected chi connectivity index (χ2v) is 6.13. The molecule has 0 spiro atoms. The van der Waals surface area contributed by atoms with Gasteiger partial charge in [0.15, 0.2) is 11.5 Å². The van der Waals surface area contributed by atoms with Crippen LogP contribution in [0.3, 0.4) is 0 Å². The van der Waals surface area contributed by atoms with Crippen LogP contribution in [0, 0.1) is 6.92 Å². The largest absolute Gasteiger partial charge is 0.493 e. The van der Waals surface area contributed by atoms with Gasteiger partial charge in [-0.1, -0.05) is 18.2 Å². The zero-order valence-electron chi connectivity index (χ0n) is 15.5. The van der Waals surface area contributed by atoms with E-state index in [1.165, 1.54) is 0 Å². The number of ether oxygens (including phenoxy) is 2. The first kappa shape index (κ1) is 18.6. The van der Waals surface area contributed by atoms with Crippen LogP contribution in [0.1, 0.15) is 19.4 Å². The van der Waals surface area contributed by atoms with Gasteiger partial charge >= 0.3 is 0 Å². The Bertz CT molecular complexity index is 729. The summed E-state index contributed by atoms with van der Waals surface area (Å²) < 4.78 is 10.5. The summed E-state index contributed by atoms with van der Waals surface area (Å²) in [5, 5.41) is 2.93. The molecule has 5 nitrogen and oxygen atoms in total. The highest BCUT2D eigenvalue weighted by Gasteiger charge is 2.17. The third kappa shape index (κ3) is 4.66. The van der Waals surface area contributed by atoms with Gasteiger partial charge in [0.05, 0.1) is 20.8 Å². The first-order valence-corrected chi connectivity index (χ1v) is 8.30. The zero-order chi connectivity index (χ0) is 18.4. The molecule has 134 valence electrons. The van der Waals surface area contributed by atoms with Crippen molar-refractivity contribution in [2.45, 2.75) is 26.8 Å². The second-order valence-electron chi connectivity index (χ2n) is 6.13. The van der Waals surface area contributed by atoms with Crippen molar-refractivity contribution >= 4 is 17.3 Å². The van der Waals surface area contributed by atoms with Gasteiger partial charge in [-0.2, -0.15) is 0 Å². The molecule has 25 heavy (non-hydrogen) atoms. The van der Waals surface area contributed by atoms with Gasteiger partial charge in [-0.15, -0.1) is 0 Å². The predicted molar refractivity (Wildman–Crippen MR) is 102 cm³/mol. The van der Waals surface area contributed by atoms with Crippen molar-refractivity contribution in [3.8, 4) is 11.5 Å². The fourth-order valence-electron chi connectivity index (χ4n) is 2.70. The number of methoxy groups -OCH3 is 2. The lowest BCUT2D eigenvalue weighted by atomic mass is 10.1. The molecule has 0 aliphatic carbocycles. The first-order chi connectivity index (χ1) is 12.0. The van der Waals surface area contributed by atoms with Crippen LogP contribution in [0.2, 0.25) is 0 Å². The van der Waals surface area contributed by atoms with Gasteiger partial charge in [-0.05, 0) is 44.5 Å². The summed E-state index contributed by atoms with van der Waals surface area (Å²) in [5.74, 6) is 1.13. The summed E-state index contributed by atoms with van der Waals surface area (Å²) in [6.45, 7) is 6.49. The number of nitrogens with one attached hydrogen (secondary N) is 1. The molecular formula is C20H26N2O3. The van der Waals surface area contributed by atoms with E-state index in [0.717, 1.165) is 11.3 Å². The molecule has 0 saturated carbocycles. The van der Waals surface area contributed by atoms with Crippen molar-refractivity contribution in [2.24, 2.45) is 0 Å². The van der Waals surface area contributed by atoms with Crippen molar-refractivity contribution in [3.05, 3.63) is 48.0 Å². The van der Waals surface area contributed by atoms with Crippen LogP contribution in [0.15, 0.2) is 42.5 Å². The molecule has 0 bridgehead atoms. The Morgan fingerprint density at radius 3 is 2.36 bits per heavy atom. The van der Waals surface area contributed by atoms with Gasteiger partial charge in [0.1, 0.15) is 0 Å². The van der Waals surface area contributed by atoms with Crippen molar-refractivity contribution < 1.29 is 14.3 Å². The lowest BCUT2D eigenvalue weighted by molar-refractivity contribution is -0.115. The van der Waals surface area contributed by atoms with E-state index in [0.29, 0.717) is 17.2 Å². The number of benzene rings is 2. The highest BCUT2D eigenvalue weighted by molar-refractivity contribution is 5.94. The van der Waals surface area contributed by atoms with Crippen molar-refractivity contribution in [1.82, 2.24) is 0 Å². The van der Waals surface area contributed by atoms with E-state index in [4.69, 9.17) is 9.47 Å². The normalized spacial score (nSPS) is 10.5. The maximum atomic E-state index is 12.5. The number of para-hydroxylation sites is 1. The number of nitrogens with zero attached hydrogens (tertiary/aromatic N) is 1. The topological polar surface area (TPSA) is 50.8 Å². The highest BCUT2D eigenvalue weighted by Crippen LogP contribution is 2.30. The van der Waals surface area contributed by atoms with Crippen LogP contribution >= 0.6 is 0 Å². The number of anilines is 2. The molecule has 1 N–H and O–H groups in total. The molecule has 1 amide bonds. The SMILES string of the molecule is COc1ccc(NC(=O)CN(c2ccccc2C)C(C)C)cc1OC. The van der Waals surface area contributed by atoms with Crippen molar-refractivity contribution in [1.29, 1.82) is 0 Å². The standard InChI is InChI=1S/C20H26N2O3/c1-14(2)22(17-9-7-6-8-15(17)3)13-20(23)21-16-10-11-18(24-4)19(12-16)25-5/h6-12,14H,13H2,1-5H3,(H,21,23). The Kier molecular flexibility index (Phi) is 6.28. The predicted octanol–water partition coefficient (Wildman–Crippen LogP) is 3.87. The van der Waals surface area contributed by atoms with Crippen LogP contribution in [0.5, 0.6) is 11.5 Å². The summed E-state index contributed by atoms with van der Waals surface area (Å²) in [6.07, 6.45) is 0. The maximum absolute atomic E-state index is 12.5. The second kappa shape index (κ2) is 8.42. The minimum absolute atomic E-state index is 0.0795. The summed E-state index contributed by atoms with van der Waals surface area (Å²) in [4.78, 5) is 14.6. The van der Waals surface area contributed by atoms with Crippen molar-refractivity contribution in [2.75, 3.05) is 31.0 Å². The number of carbonyl (C=O) groups excluding carboxylic acids is 1. The molecule has 0 aromatic heterocycles. The van der Waals surface area contributed by atoms with E-state index >= 15 is 0 Å². The number of hydrogen-bond donors (Lipinski definition) is 1. The number of carbonyl (C=O) groups is 1. The molecule has 0 aliphatic rings. The Labute approximate surface area is 149 Å². The number of aryl methyl sites for hydroxylation is 1. The average Bonchev–Trinajstić information content (AvgIpc) is 2.60. The fourth-order valence-corrected chi connectivity index (χ4v) is 2.70. The zero-order valence-corrected chi connectivity index (χ0v) is 15.5. The van der Waals surface area contributed by atoms with E-state index in [1.807, 2.05) is 18.2 Å². The number of hydrogen-bond acceptors (Lipinski definition) is 4. The molecule has 0 aliphatic heterocycles. The van der Waals surface area contributed by atoms with Gasteiger partial charge < -0.3 is 19.7 Å². The fraction of sp³-hybridized carbons (Fsp3) is 0.350. The summed E-state index contributed by atoms with van der Waals surface area (Å²) in [5.41, 5.74) is 2.89. The van der Waals surface area contributed by atoms with Gasteiger partial charge in [-0.3, -0.25) is 4.79 Å². The Morgan fingerprint density at radius 1 is 1.08 bits per heavy atom. The average molecular weight is 342 g/mol. The van der Waals surface area contributed by atoms with Gasteiger partial charge in [0, 0.05) is 23.5 Å². The van der Waals surface area contributed by atoms with E-state index in [1.54, 1.807) is 32.4 Å². The van der Waals surface area contributed by atoms with E-state index in [-0.39, 0.29) is 18.5 Å². The minimum Gasteiger partial charge on any atom is -0.493 e. The van der Waals surface area contributed by atoms with Crippen LogP contribution in [0.25, 0.3) is 0 Å². The minimum atomic E-state index is -0.0795. The molecule has 5 heteroatoms. The molecule has 2 rings (SSSR count). The van der Waals surface area contributed by atoms with Gasteiger partial charge in [0.25, 0.3) is 0 Å². The van der Waals surface area contributed by atoms with E-state index in [2.05, 4.69) is 37.1 Å². The first-order valence-electron chi connectivity index (χ1n) is 8.30. The number of amides is 1. The third-order valence-corrected chi connectivity index (χ3v) is 4.03. The summed E-state index contributed by atoms with van der Waals surface area (Å²) in [6, 6.07) is 13.6. The third-order valence-electron chi connectivity index (χ3n) is 4.03. The van der Waals surface area contributed by atoms with Gasteiger partial charge in [-0.25, -0.2) is 0 Å². The number of rotatable bonds is 7. The summed E-state index contributed by atoms with van der Waals surface area (Å²) in [7, 11) is 3.15. The Balaban J connectivity index is 2.13. The lowest BCUT2D eigenvalue weighted by Crippen LogP contribution is -2.38. The molecule has 2 aromatic rings. The molecule has 2 aromatic carbocycles. The molecule has 0 unspecified atom stereocenters. The molecule has 0 saturated heterocycles. The quantitative estimate of drug-likeness (QED) is 0.830. The monoisotopic (exact) mass is 342 g/mol. The van der Waals surface area contributed by atoms with E-state index in [9.17, 15) is 4.79 Å². The summed E-state index contributed by atoms with van der Waals surface area (Å²) >= 11 is 0. The molecule has 0 atom stereocenters. The van der Waals surface area contributed by atoms with Crippen LogP contribution < -0.4 is 19.7 Å². The molecule has 0 heterocycles. The van der Waals surface area contributed by atoms with Gasteiger partial charge in [0.2, 0.25) is 5.91 Å². The lowest BCUT2D eigenvalue weighted by Gasteiger charge is -2.29. The Morgan fingerprint density at radius 2 is 1.76 bits per heavy atom. The highest BCUT2D eigenvalue weighted by atomic mass is 16.5. The van der Waals surface area contributed by atoms with Crippen LogP contribution in [0.4, 0.5) is 11.4 Å².